The fourth-order valence-corrected chi connectivity index (χ4v) is 3.85. The number of nitrogens with two attached hydrogens (primary N) is 1. The Morgan fingerprint density at radius 2 is 1.67 bits per heavy atom. The highest BCUT2D eigenvalue weighted by molar-refractivity contribution is 8.84. The largest absolute Gasteiger partial charge is 0.384 e. The van der Waals surface area contributed by atoms with E-state index in [0.717, 1.165) is 0 Å². The van der Waals surface area contributed by atoms with Crippen molar-refractivity contribution in [1.29, 1.82) is 0 Å². The SMILES string of the molecule is CCCCC(C)(CCCC)SSC(N)=S. The molecule has 0 aromatic carbocycles. The molecular weight excluding hydrogens is 242 g/mol. The van der Waals surface area contributed by atoms with Crippen molar-refractivity contribution in [2.45, 2.75) is 64.0 Å². The molecule has 0 unspecified atom stereocenters. The molecule has 2 N–H and O–H groups in total. The van der Waals surface area contributed by atoms with Crippen molar-refractivity contribution in [3.8, 4) is 0 Å². The van der Waals surface area contributed by atoms with Gasteiger partial charge in [-0.05, 0) is 30.6 Å². The summed E-state index contributed by atoms with van der Waals surface area (Å²) in [5.41, 5.74) is 5.53. The fraction of sp³-hybridized carbons (Fsp3) is 0.909. The fourth-order valence-electron chi connectivity index (χ4n) is 1.45. The van der Waals surface area contributed by atoms with Gasteiger partial charge in [0.2, 0.25) is 0 Å². The van der Waals surface area contributed by atoms with E-state index in [2.05, 4.69) is 20.8 Å². The van der Waals surface area contributed by atoms with Gasteiger partial charge in [-0.15, -0.1) is 0 Å². The predicted octanol–water partition coefficient (Wildman–Crippen LogP) is 4.75. The van der Waals surface area contributed by atoms with Crippen molar-refractivity contribution in [1.82, 2.24) is 0 Å². The summed E-state index contributed by atoms with van der Waals surface area (Å²) >= 11 is 4.91. The minimum atomic E-state index is 0.347. The van der Waals surface area contributed by atoms with Crippen LogP contribution >= 0.6 is 33.8 Å². The molecule has 0 bridgehead atoms. The Bertz CT molecular complexity index is 175. The molecule has 0 heterocycles. The topological polar surface area (TPSA) is 26.0 Å². The standard InChI is InChI=1S/C11H23NS3/c1-4-6-8-11(3,9-7-5-2)15-14-10(12)13/h4-9H2,1-3H3,(H2,12,13). The van der Waals surface area contributed by atoms with Gasteiger partial charge in [0.05, 0.1) is 0 Å². The van der Waals surface area contributed by atoms with Crippen molar-refractivity contribution in [3.05, 3.63) is 0 Å². The van der Waals surface area contributed by atoms with Crippen molar-refractivity contribution in [3.63, 3.8) is 0 Å². The zero-order valence-electron chi connectivity index (χ0n) is 10.0. The van der Waals surface area contributed by atoms with Gasteiger partial charge in [-0.25, -0.2) is 0 Å². The van der Waals surface area contributed by atoms with Crippen LogP contribution in [0.2, 0.25) is 0 Å². The second kappa shape index (κ2) is 8.71. The third-order valence-electron chi connectivity index (χ3n) is 2.44. The summed E-state index contributed by atoms with van der Waals surface area (Å²) in [6.07, 6.45) is 7.66. The summed E-state index contributed by atoms with van der Waals surface area (Å²) in [4.78, 5) is 0. The maximum Gasteiger partial charge on any atom is 0.141 e. The van der Waals surface area contributed by atoms with Crippen molar-refractivity contribution < 1.29 is 0 Å². The lowest BCUT2D eigenvalue weighted by atomic mass is 9.97. The minimum Gasteiger partial charge on any atom is -0.384 e. The van der Waals surface area contributed by atoms with Gasteiger partial charge in [-0.2, -0.15) is 0 Å². The summed E-state index contributed by atoms with van der Waals surface area (Å²) in [6.45, 7) is 6.82. The van der Waals surface area contributed by atoms with Crippen LogP contribution in [0.5, 0.6) is 0 Å². The van der Waals surface area contributed by atoms with Crippen molar-refractivity contribution >= 4 is 38.1 Å². The summed E-state index contributed by atoms with van der Waals surface area (Å²) < 4.78 is 0.902. The molecule has 0 amide bonds. The highest BCUT2D eigenvalue weighted by atomic mass is 33.1. The van der Waals surface area contributed by atoms with Gasteiger partial charge in [0.25, 0.3) is 0 Å². The number of rotatable bonds is 8. The average molecular weight is 266 g/mol. The first-order chi connectivity index (χ1) is 7.04. The van der Waals surface area contributed by atoms with E-state index in [4.69, 9.17) is 18.0 Å². The van der Waals surface area contributed by atoms with E-state index in [1.165, 1.54) is 38.5 Å². The molecule has 0 aliphatic carbocycles. The summed E-state index contributed by atoms with van der Waals surface area (Å²) in [5, 5.41) is 0. The number of hydrogen-bond donors (Lipinski definition) is 1. The summed E-state index contributed by atoms with van der Waals surface area (Å²) in [6, 6.07) is 0. The van der Waals surface area contributed by atoms with Crippen molar-refractivity contribution in [2.24, 2.45) is 5.73 Å². The Morgan fingerprint density at radius 1 is 1.20 bits per heavy atom. The van der Waals surface area contributed by atoms with Crippen LogP contribution in [0.15, 0.2) is 0 Å². The first-order valence-corrected chi connectivity index (χ1v) is 8.25. The Balaban J connectivity index is 4.06. The highest BCUT2D eigenvalue weighted by Gasteiger charge is 2.24. The van der Waals surface area contributed by atoms with Gasteiger partial charge in [0.1, 0.15) is 4.32 Å². The monoisotopic (exact) mass is 265 g/mol. The second-order valence-corrected chi connectivity index (χ2v) is 7.60. The molecule has 0 aromatic rings. The van der Waals surface area contributed by atoms with E-state index in [9.17, 15) is 0 Å². The molecule has 0 rings (SSSR count). The molecule has 0 atom stereocenters. The third-order valence-corrected chi connectivity index (χ3v) is 6.06. The quantitative estimate of drug-likeness (QED) is 0.506. The van der Waals surface area contributed by atoms with Gasteiger partial charge < -0.3 is 5.73 Å². The molecule has 0 spiro atoms. The smallest absolute Gasteiger partial charge is 0.141 e. The number of hydrogen-bond acceptors (Lipinski definition) is 3. The van der Waals surface area contributed by atoms with Gasteiger partial charge in [0.15, 0.2) is 0 Å². The maximum absolute atomic E-state index is 5.53. The van der Waals surface area contributed by atoms with Crippen LogP contribution in [0.1, 0.15) is 59.3 Å². The van der Waals surface area contributed by atoms with Crippen LogP contribution in [0.4, 0.5) is 0 Å². The molecule has 90 valence electrons. The zero-order chi connectivity index (χ0) is 11.7. The molecule has 15 heavy (non-hydrogen) atoms. The molecule has 0 radical (unpaired) electrons. The molecule has 4 heteroatoms. The van der Waals surface area contributed by atoms with Gasteiger partial charge >= 0.3 is 0 Å². The minimum absolute atomic E-state index is 0.347. The van der Waals surface area contributed by atoms with E-state index in [0.29, 0.717) is 9.07 Å². The van der Waals surface area contributed by atoms with Gasteiger partial charge in [-0.1, -0.05) is 62.5 Å². The van der Waals surface area contributed by atoms with E-state index >= 15 is 0 Å². The molecule has 0 fully saturated rings. The molecule has 0 aromatic heterocycles. The van der Waals surface area contributed by atoms with Gasteiger partial charge in [-0.3, -0.25) is 0 Å². The van der Waals surface area contributed by atoms with Crippen LogP contribution in [0.25, 0.3) is 0 Å². The van der Waals surface area contributed by atoms with Gasteiger partial charge in [0, 0.05) is 4.75 Å². The Hall–Kier alpha value is 0.590. The lowest BCUT2D eigenvalue weighted by Crippen LogP contribution is -2.19. The number of unbranched alkanes of at least 4 members (excludes halogenated alkanes) is 2. The predicted molar refractivity (Wildman–Crippen MR) is 79.4 cm³/mol. The first kappa shape index (κ1) is 15.6. The lowest BCUT2D eigenvalue weighted by molar-refractivity contribution is 0.500. The van der Waals surface area contributed by atoms with E-state index < -0.39 is 0 Å². The summed E-state index contributed by atoms with van der Waals surface area (Å²) in [7, 11) is 3.43. The second-order valence-electron chi connectivity index (χ2n) is 4.14. The van der Waals surface area contributed by atoms with Crippen molar-refractivity contribution in [2.75, 3.05) is 0 Å². The zero-order valence-corrected chi connectivity index (χ0v) is 12.5. The Labute approximate surface area is 108 Å². The van der Waals surface area contributed by atoms with Crippen LogP contribution in [-0.2, 0) is 0 Å². The number of thiocarbonyl (C=S) groups is 1. The highest BCUT2D eigenvalue weighted by Crippen LogP contribution is 2.42. The molecule has 0 saturated carbocycles. The Kier molecular flexibility index (Phi) is 9.05. The molecule has 0 saturated heterocycles. The van der Waals surface area contributed by atoms with Crippen LogP contribution < -0.4 is 5.73 Å². The normalized spacial score (nSPS) is 11.7. The van der Waals surface area contributed by atoms with E-state index in [1.807, 2.05) is 10.8 Å². The first-order valence-electron chi connectivity index (χ1n) is 5.69. The molecule has 1 nitrogen and oxygen atoms in total. The van der Waals surface area contributed by atoms with E-state index in [1.54, 1.807) is 10.8 Å². The van der Waals surface area contributed by atoms with Crippen LogP contribution in [0.3, 0.4) is 0 Å². The molecular formula is C11H23NS3. The molecule has 0 aliphatic heterocycles. The average Bonchev–Trinajstić information content (AvgIpc) is 2.21. The third kappa shape index (κ3) is 8.40. The lowest BCUT2D eigenvalue weighted by Gasteiger charge is -2.28. The Morgan fingerprint density at radius 3 is 2.00 bits per heavy atom. The van der Waals surface area contributed by atoms with Crippen LogP contribution in [-0.4, -0.2) is 9.07 Å². The summed E-state index contributed by atoms with van der Waals surface area (Å²) in [5.74, 6) is 0. The maximum atomic E-state index is 5.53. The molecule has 0 aliphatic rings. The van der Waals surface area contributed by atoms with E-state index in [-0.39, 0.29) is 0 Å². The van der Waals surface area contributed by atoms with Crippen LogP contribution in [0, 0.1) is 0 Å².